The highest BCUT2D eigenvalue weighted by Crippen LogP contribution is 2.63. The van der Waals surface area contributed by atoms with E-state index < -0.39 is 0 Å². The minimum atomic E-state index is 0.290. The van der Waals surface area contributed by atoms with E-state index in [9.17, 15) is 15.0 Å². The molecule has 38 heavy (non-hydrogen) atoms. The first-order chi connectivity index (χ1) is 18.2. The molecule has 204 valence electrons. The molecule has 5 aliphatic rings. The van der Waals surface area contributed by atoms with E-state index in [1.165, 1.54) is 65.9 Å². The Balaban J connectivity index is 0.000000142. The number of phenolic OH excluding ortho intramolecular Hbond substituents is 2. The Morgan fingerprint density at radius 3 is 1.92 bits per heavy atom. The molecule has 2 aromatic carbocycles. The lowest BCUT2D eigenvalue weighted by molar-refractivity contribution is -0.123. The number of benzene rings is 2. The highest BCUT2D eigenvalue weighted by atomic mass is 32.2. The van der Waals surface area contributed by atoms with E-state index in [0.29, 0.717) is 45.0 Å². The molecule has 7 rings (SSSR count). The molecule has 2 saturated carbocycles. The van der Waals surface area contributed by atoms with Crippen LogP contribution in [0.15, 0.2) is 36.4 Å². The van der Waals surface area contributed by atoms with Gasteiger partial charge in [0.2, 0.25) is 0 Å². The van der Waals surface area contributed by atoms with Gasteiger partial charge in [0, 0.05) is 12.8 Å². The van der Waals surface area contributed by atoms with Crippen LogP contribution in [0, 0.1) is 10.8 Å². The molecule has 5 heteroatoms. The number of hydrogen-bond acceptors (Lipinski definition) is 5. The van der Waals surface area contributed by atoms with Crippen molar-refractivity contribution >= 4 is 29.3 Å². The Kier molecular flexibility index (Phi) is 7.08. The van der Waals surface area contributed by atoms with Crippen LogP contribution >= 0.6 is 23.5 Å². The number of thioether (sulfide) groups is 2. The Bertz CT molecular complexity index is 1220. The third kappa shape index (κ3) is 4.91. The van der Waals surface area contributed by atoms with Gasteiger partial charge in [0.05, 0.1) is 4.08 Å². The van der Waals surface area contributed by atoms with Gasteiger partial charge in [0.1, 0.15) is 17.3 Å². The monoisotopic (exact) mass is 550 g/mol. The molecule has 3 nitrogen and oxygen atoms in total. The quantitative estimate of drug-likeness (QED) is 0.345. The number of carbonyl (C=O) groups excluding carboxylic acids is 1. The molecule has 0 amide bonds. The van der Waals surface area contributed by atoms with Gasteiger partial charge >= 0.3 is 0 Å². The summed E-state index contributed by atoms with van der Waals surface area (Å²) < 4.78 is 0.481. The average Bonchev–Trinajstić information content (AvgIpc) is 2.91. The van der Waals surface area contributed by atoms with Crippen LogP contribution in [0.5, 0.6) is 11.5 Å². The Hall–Kier alpha value is -1.59. The molecule has 4 aliphatic carbocycles. The van der Waals surface area contributed by atoms with Crippen molar-refractivity contribution < 1.29 is 15.0 Å². The van der Waals surface area contributed by atoms with Crippen molar-refractivity contribution in [3.05, 3.63) is 58.7 Å². The molecule has 2 aromatic rings. The van der Waals surface area contributed by atoms with Gasteiger partial charge in [-0.2, -0.15) is 0 Å². The minimum absolute atomic E-state index is 0.290. The summed E-state index contributed by atoms with van der Waals surface area (Å²) in [5.74, 6) is 4.92. The summed E-state index contributed by atoms with van der Waals surface area (Å²) in [5, 5.41) is 19.3. The van der Waals surface area contributed by atoms with E-state index in [1.54, 1.807) is 6.07 Å². The smallest absolute Gasteiger partial charge is 0.133 e. The number of aryl methyl sites for hydroxylation is 2. The number of ketones is 1. The number of rotatable bonds is 0. The van der Waals surface area contributed by atoms with Gasteiger partial charge in [-0.05, 0) is 138 Å². The summed E-state index contributed by atoms with van der Waals surface area (Å²) in [7, 11) is 0. The summed E-state index contributed by atoms with van der Waals surface area (Å²) >= 11 is 4.46. The molecule has 1 saturated heterocycles. The van der Waals surface area contributed by atoms with Gasteiger partial charge in [0.25, 0.3) is 0 Å². The number of hydrogen-bond donors (Lipinski definition) is 2. The topological polar surface area (TPSA) is 57.5 Å². The second-order valence-electron chi connectivity index (χ2n) is 13.1. The van der Waals surface area contributed by atoms with Crippen LogP contribution in [-0.2, 0) is 17.6 Å². The van der Waals surface area contributed by atoms with E-state index in [-0.39, 0.29) is 5.41 Å². The van der Waals surface area contributed by atoms with Gasteiger partial charge in [-0.3, -0.25) is 4.79 Å². The lowest BCUT2D eigenvalue weighted by Crippen LogP contribution is -2.43. The van der Waals surface area contributed by atoms with Crippen molar-refractivity contribution in [3.8, 4) is 11.5 Å². The van der Waals surface area contributed by atoms with E-state index in [2.05, 4.69) is 43.4 Å². The summed E-state index contributed by atoms with van der Waals surface area (Å²) in [6.07, 6.45) is 12.5. The van der Waals surface area contributed by atoms with E-state index >= 15 is 0 Å². The molecule has 4 atom stereocenters. The summed E-state index contributed by atoms with van der Waals surface area (Å²) in [6, 6.07) is 11.8. The molecule has 2 N–H and O–H groups in total. The lowest BCUT2D eigenvalue weighted by atomic mass is 9.58. The minimum Gasteiger partial charge on any atom is -0.508 e. The second-order valence-corrected chi connectivity index (χ2v) is 16.3. The van der Waals surface area contributed by atoms with E-state index in [4.69, 9.17) is 0 Å². The van der Waals surface area contributed by atoms with Crippen molar-refractivity contribution in [2.24, 2.45) is 10.8 Å². The molecule has 0 bridgehead atoms. The van der Waals surface area contributed by atoms with Crippen LogP contribution in [0.1, 0.15) is 106 Å². The SMILES string of the molecule is C[C@@]12CCc3cc(O)ccc3[C@H]1CC1(CC2)SCCCS1.C[C@]12CCC(=O)C[C@@H]1c1ccc(O)cc1CC2. The molecule has 0 aromatic heterocycles. The third-order valence-electron chi connectivity index (χ3n) is 10.6. The number of Topliss-reactive ketones (excluding diaryl/α,β-unsaturated/α-hetero) is 1. The molecule has 0 radical (unpaired) electrons. The summed E-state index contributed by atoms with van der Waals surface area (Å²) in [4.78, 5) is 11.7. The fourth-order valence-corrected chi connectivity index (χ4v) is 11.5. The predicted octanol–water partition coefficient (Wildman–Crippen LogP) is 8.36. The molecular weight excluding hydrogens is 508 g/mol. The second kappa shape index (κ2) is 10.1. The van der Waals surface area contributed by atoms with Crippen molar-refractivity contribution in [1.29, 1.82) is 0 Å². The van der Waals surface area contributed by atoms with E-state index in [1.807, 2.05) is 24.3 Å². The van der Waals surface area contributed by atoms with Crippen molar-refractivity contribution in [2.75, 3.05) is 11.5 Å². The Morgan fingerprint density at radius 1 is 0.737 bits per heavy atom. The van der Waals surface area contributed by atoms with Crippen molar-refractivity contribution in [2.45, 2.75) is 100 Å². The van der Waals surface area contributed by atoms with Crippen LogP contribution in [0.25, 0.3) is 0 Å². The van der Waals surface area contributed by atoms with Gasteiger partial charge in [0.15, 0.2) is 0 Å². The normalized spacial score (nSPS) is 33.2. The number of carbonyl (C=O) groups is 1. The Labute approximate surface area is 236 Å². The number of phenols is 2. The maximum atomic E-state index is 11.7. The molecule has 1 spiro atoms. The van der Waals surface area contributed by atoms with Crippen molar-refractivity contribution in [3.63, 3.8) is 0 Å². The first-order valence-electron chi connectivity index (χ1n) is 14.6. The zero-order chi connectivity index (χ0) is 26.5. The zero-order valence-electron chi connectivity index (χ0n) is 22.9. The highest BCUT2D eigenvalue weighted by Gasteiger charge is 2.50. The highest BCUT2D eigenvalue weighted by molar-refractivity contribution is 8.18. The van der Waals surface area contributed by atoms with Crippen LogP contribution < -0.4 is 0 Å². The standard InChI is InChI=1S/C18H24OS2.C15H18O2/c1-17-6-5-13-11-14(19)3-4-15(13)16(17)12-18(8-7-17)20-9-2-10-21-18;1-15-6-4-10-8-11(16)2-3-13(10)14(15)9-12(17)5-7-15/h3-4,11,16,19H,2,5-10,12H2,1H3;2-3,8,14,16H,4-7,9H2,1H3/t16-,17+;14-,15+/m11/s1. The fourth-order valence-electron chi connectivity index (χ4n) is 8.07. The molecule has 1 aliphatic heterocycles. The number of aromatic hydroxyl groups is 2. The van der Waals surface area contributed by atoms with Gasteiger partial charge < -0.3 is 10.2 Å². The van der Waals surface area contributed by atoms with Gasteiger partial charge in [-0.1, -0.05) is 26.0 Å². The largest absolute Gasteiger partial charge is 0.508 e. The van der Waals surface area contributed by atoms with Crippen LogP contribution in [0.2, 0.25) is 0 Å². The van der Waals surface area contributed by atoms with Gasteiger partial charge in [-0.25, -0.2) is 0 Å². The molecular formula is C33H42O3S2. The lowest BCUT2D eigenvalue weighted by Gasteiger charge is -2.53. The summed E-state index contributed by atoms with van der Waals surface area (Å²) in [6.45, 7) is 4.83. The molecule has 1 heterocycles. The van der Waals surface area contributed by atoms with Crippen LogP contribution in [0.4, 0.5) is 0 Å². The number of fused-ring (bicyclic) bond motifs is 6. The fraction of sp³-hybridized carbons (Fsp3) is 0.606. The van der Waals surface area contributed by atoms with Crippen molar-refractivity contribution in [1.82, 2.24) is 0 Å². The molecule has 0 unspecified atom stereocenters. The molecule has 3 fully saturated rings. The maximum absolute atomic E-state index is 11.7. The maximum Gasteiger partial charge on any atom is 0.133 e. The first-order valence-corrected chi connectivity index (χ1v) is 16.6. The van der Waals surface area contributed by atoms with Gasteiger partial charge in [-0.15, -0.1) is 23.5 Å². The predicted molar refractivity (Wildman–Crippen MR) is 160 cm³/mol. The Morgan fingerprint density at radius 2 is 1.29 bits per heavy atom. The van der Waals surface area contributed by atoms with Crippen LogP contribution in [-0.4, -0.2) is 31.6 Å². The van der Waals surface area contributed by atoms with E-state index in [0.717, 1.165) is 32.1 Å². The summed E-state index contributed by atoms with van der Waals surface area (Å²) in [5.41, 5.74) is 6.24. The van der Waals surface area contributed by atoms with Crippen LogP contribution in [0.3, 0.4) is 0 Å². The average molecular weight is 551 g/mol. The third-order valence-corrected chi connectivity index (χ3v) is 14.1. The first kappa shape index (κ1) is 26.6. The zero-order valence-corrected chi connectivity index (χ0v) is 24.6.